The SMILES string of the molecule is C=C(C)[C@H](NC(=O)OC(C)(C)C)C(=O)OCC(=O)c1ccc(Br)cc1C. The van der Waals surface area contributed by atoms with E-state index in [-0.39, 0.29) is 5.78 Å². The monoisotopic (exact) mass is 425 g/mol. The summed E-state index contributed by atoms with van der Waals surface area (Å²) in [5.74, 6) is -1.10. The van der Waals surface area contributed by atoms with Gasteiger partial charge in [-0.25, -0.2) is 9.59 Å². The first-order valence-electron chi connectivity index (χ1n) is 8.01. The summed E-state index contributed by atoms with van der Waals surface area (Å²) >= 11 is 3.33. The second-order valence-corrected chi connectivity index (χ2v) is 7.83. The van der Waals surface area contributed by atoms with E-state index in [2.05, 4.69) is 27.8 Å². The molecule has 0 bridgehead atoms. The Morgan fingerprint density at radius 2 is 1.88 bits per heavy atom. The van der Waals surface area contributed by atoms with Crippen LogP contribution in [0.5, 0.6) is 0 Å². The van der Waals surface area contributed by atoms with E-state index in [1.54, 1.807) is 52.8 Å². The molecule has 1 rings (SSSR count). The van der Waals surface area contributed by atoms with Crippen molar-refractivity contribution in [2.24, 2.45) is 0 Å². The number of nitrogens with one attached hydrogen (secondary N) is 1. The van der Waals surface area contributed by atoms with Crippen LogP contribution in [0, 0.1) is 6.92 Å². The minimum Gasteiger partial charge on any atom is -0.456 e. The van der Waals surface area contributed by atoms with Crippen molar-refractivity contribution in [1.82, 2.24) is 5.32 Å². The molecule has 0 spiro atoms. The normalized spacial score (nSPS) is 12.1. The van der Waals surface area contributed by atoms with Gasteiger partial charge in [0.1, 0.15) is 5.60 Å². The van der Waals surface area contributed by atoms with Crippen molar-refractivity contribution in [1.29, 1.82) is 0 Å². The molecule has 26 heavy (non-hydrogen) atoms. The van der Waals surface area contributed by atoms with Crippen LogP contribution in [0.15, 0.2) is 34.8 Å². The van der Waals surface area contributed by atoms with Crippen LogP contribution in [0.3, 0.4) is 0 Å². The van der Waals surface area contributed by atoms with E-state index in [1.165, 1.54) is 0 Å². The Hall–Kier alpha value is -2.15. The molecule has 0 fully saturated rings. The number of alkyl carbamates (subject to hydrolysis) is 1. The van der Waals surface area contributed by atoms with Gasteiger partial charge < -0.3 is 14.8 Å². The number of Topliss-reactive ketones (excluding diaryl/α,β-unsaturated/α-hetero) is 1. The fourth-order valence-corrected chi connectivity index (χ4v) is 2.52. The molecule has 1 aromatic rings. The lowest BCUT2D eigenvalue weighted by Gasteiger charge is -2.23. The molecular weight excluding hydrogens is 402 g/mol. The second kappa shape index (κ2) is 8.98. The van der Waals surface area contributed by atoms with Crippen LogP contribution in [0.25, 0.3) is 0 Å². The number of esters is 1. The highest BCUT2D eigenvalue weighted by molar-refractivity contribution is 9.10. The number of hydrogen-bond acceptors (Lipinski definition) is 5. The maximum atomic E-state index is 12.3. The number of aryl methyl sites for hydroxylation is 1. The Bertz CT molecular complexity index is 721. The third-order valence-corrected chi connectivity index (χ3v) is 3.72. The van der Waals surface area contributed by atoms with Crippen molar-refractivity contribution in [3.05, 3.63) is 46.0 Å². The van der Waals surface area contributed by atoms with Gasteiger partial charge in [-0.3, -0.25) is 4.79 Å². The van der Waals surface area contributed by atoms with Crippen molar-refractivity contribution >= 4 is 33.8 Å². The van der Waals surface area contributed by atoms with Crippen LogP contribution >= 0.6 is 15.9 Å². The van der Waals surface area contributed by atoms with E-state index in [0.29, 0.717) is 11.1 Å². The molecule has 0 aromatic heterocycles. The summed E-state index contributed by atoms with van der Waals surface area (Å²) in [4.78, 5) is 36.4. The van der Waals surface area contributed by atoms with Gasteiger partial charge in [0.15, 0.2) is 12.6 Å². The van der Waals surface area contributed by atoms with Gasteiger partial charge in [-0.05, 0) is 64.0 Å². The van der Waals surface area contributed by atoms with Gasteiger partial charge in [0.25, 0.3) is 0 Å². The van der Waals surface area contributed by atoms with Gasteiger partial charge in [0.2, 0.25) is 5.78 Å². The van der Waals surface area contributed by atoms with Gasteiger partial charge in [0, 0.05) is 10.0 Å². The van der Waals surface area contributed by atoms with Crippen LogP contribution in [-0.4, -0.2) is 36.1 Å². The largest absolute Gasteiger partial charge is 0.456 e. The predicted octanol–water partition coefficient (Wildman–Crippen LogP) is 3.95. The highest BCUT2D eigenvalue weighted by Gasteiger charge is 2.26. The van der Waals surface area contributed by atoms with Crippen LogP contribution in [0.4, 0.5) is 4.79 Å². The topological polar surface area (TPSA) is 81.7 Å². The van der Waals surface area contributed by atoms with Crippen LogP contribution in [-0.2, 0) is 14.3 Å². The Kier molecular flexibility index (Phi) is 7.56. The molecule has 6 nitrogen and oxygen atoms in total. The number of ether oxygens (including phenoxy) is 2. The van der Waals surface area contributed by atoms with Crippen molar-refractivity contribution in [3.63, 3.8) is 0 Å². The first-order valence-corrected chi connectivity index (χ1v) is 8.81. The van der Waals surface area contributed by atoms with Crippen molar-refractivity contribution in [3.8, 4) is 0 Å². The molecule has 1 aromatic carbocycles. The number of hydrogen-bond donors (Lipinski definition) is 1. The maximum Gasteiger partial charge on any atom is 0.408 e. The van der Waals surface area contributed by atoms with Crippen LogP contribution < -0.4 is 5.32 Å². The molecule has 1 N–H and O–H groups in total. The number of carbonyl (C=O) groups excluding carboxylic acids is 3. The van der Waals surface area contributed by atoms with Crippen molar-refractivity contribution in [2.75, 3.05) is 6.61 Å². The number of ketones is 1. The number of benzene rings is 1. The summed E-state index contributed by atoms with van der Waals surface area (Å²) in [7, 11) is 0. The minimum atomic E-state index is -1.09. The van der Waals surface area contributed by atoms with Crippen LogP contribution in [0.1, 0.15) is 43.6 Å². The molecular formula is C19H24BrNO5. The van der Waals surface area contributed by atoms with Gasteiger partial charge in [-0.2, -0.15) is 0 Å². The highest BCUT2D eigenvalue weighted by Crippen LogP contribution is 2.16. The summed E-state index contributed by atoms with van der Waals surface area (Å²) in [6.45, 7) is 11.7. The highest BCUT2D eigenvalue weighted by atomic mass is 79.9. The zero-order valence-electron chi connectivity index (χ0n) is 15.6. The first kappa shape index (κ1) is 21.9. The molecule has 7 heteroatoms. The summed E-state index contributed by atoms with van der Waals surface area (Å²) in [6, 6.07) is 4.10. The third kappa shape index (κ3) is 7.00. The molecule has 1 amide bonds. The molecule has 0 unspecified atom stereocenters. The Balaban J connectivity index is 2.71. The summed E-state index contributed by atoms with van der Waals surface area (Å²) in [5.41, 5.74) is 0.896. The standard InChI is InChI=1S/C19H24BrNO5/c1-11(2)16(21-18(24)26-19(4,5)6)17(23)25-10-15(22)14-8-7-13(20)9-12(14)3/h7-9,16H,1,10H2,2-6H3,(H,21,24)/t16-/m0/s1. The second-order valence-electron chi connectivity index (χ2n) is 6.92. The summed E-state index contributed by atoms with van der Waals surface area (Å²) in [5, 5.41) is 2.40. The molecule has 0 aliphatic heterocycles. The zero-order chi connectivity index (χ0) is 20.1. The average Bonchev–Trinajstić information content (AvgIpc) is 2.48. The molecule has 0 saturated heterocycles. The van der Waals surface area contributed by atoms with Gasteiger partial charge in [-0.1, -0.05) is 22.5 Å². The lowest BCUT2D eigenvalue weighted by atomic mass is 10.1. The maximum absolute atomic E-state index is 12.3. The molecule has 0 saturated carbocycles. The smallest absolute Gasteiger partial charge is 0.408 e. The predicted molar refractivity (Wildman–Crippen MR) is 102 cm³/mol. The fourth-order valence-electron chi connectivity index (χ4n) is 2.05. The lowest BCUT2D eigenvalue weighted by molar-refractivity contribution is -0.143. The molecule has 0 aliphatic rings. The van der Waals surface area contributed by atoms with Crippen LogP contribution in [0.2, 0.25) is 0 Å². The lowest BCUT2D eigenvalue weighted by Crippen LogP contribution is -2.45. The molecule has 1 atom stereocenters. The van der Waals surface area contributed by atoms with E-state index in [4.69, 9.17) is 9.47 Å². The zero-order valence-corrected chi connectivity index (χ0v) is 17.2. The molecule has 142 valence electrons. The Labute approximate surface area is 162 Å². The first-order chi connectivity index (χ1) is 11.9. The van der Waals surface area contributed by atoms with Crippen molar-refractivity contribution in [2.45, 2.75) is 46.3 Å². The summed E-state index contributed by atoms with van der Waals surface area (Å²) in [6.07, 6.45) is -0.766. The number of amides is 1. The number of carbonyl (C=O) groups is 3. The van der Waals surface area contributed by atoms with E-state index in [9.17, 15) is 14.4 Å². The van der Waals surface area contributed by atoms with E-state index >= 15 is 0 Å². The van der Waals surface area contributed by atoms with Gasteiger partial charge in [0.05, 0.1) is 0 Å². The van der Waals surface area contributed by atoms with Gasteiger partial charge >= 0.3 is 12.1 Å². The Morgan fingerprint density at radius 1 is 1.27 bits per heavy atom. The van der Waals surface area contributed by atoms with E-state index in [0.717, 1.165) is 10.0 Å². The third-order valence-electron chi connectivity index (χ3n) is 3.22. The van der Waals surface area contributed by atoms with E-state index in [1.807, 2.05) is 0 Å². The minimum absolute atomic E-state index is 0.332. The molecule has 0 heterocycles. The fraction of sp³-hybridized carbons (Fsp3) is 0.421. The number of halogens is 1. The quantitative estimate of drug-likeness (QED) is 0.423. The Morgan fingerprint density at radius 3 is 2.38 bits per heavy atom. The average molecular weight is 426 g/mol. The molecule has 0 radical (unpaired) electrons. The number of rotatable bonds is 6. The van der Waals surface area contributed by atoms with Gasteiger partial charge in [-0.15, -0.1) is 0 Å². The molecule has 0 aliphatic carbocycles. The van der Waals surface area contributed by atoms with E-state index < -0.39 is 30.3 Å². The summed E-state index contributed by atoms with van der Waals surface area (Å²) < 4.78 is 11.0. The van der Waals surface area contributed by atoms with Crippen molar-refractivity contribution < 1.29 is 23.9 Å².